The van der Waals surface area contributed by atoms with Gasteiger partial charge in [0.1, 0.15) is 0 Å². The zero-order chi connectivity index (χ0) is 15.8. The van der Waals surface area contributed by atoms with E-state index >= 15 is 0 Å². The Labute approximate surface area is 121 Å². The summed E-state index contributed by atoms with van der Waals surface area (Å²) in [5, 5.41) is 9.25. The van der Waals surface area contributed by atoms with E-state index in [1.807, 2.05) is 18.7 Å². The van der Waals surface area contributed by atoms with Crippen molar-refractivity contribution in [2.75, 3.05) is 11.4 Å². The summed E-state index contributed by atoms with van der Waals surface area (Å²) in [7, 11) is 0. The molecule has 0 saturated heterocycles. The first-order valence-corrected chi connectivity index (χ1v) is 6.91. The molecule has 0 aliphatic heterocycles. The summed E-state index contributed by atoms with van der Waals surface area (Å²) in [4.78, 5) is 13.3. The lowest BCUT2D eigenvalue weighted by Gasteiger charge is -2.28. The second kappa shape index (κ2) is 5.58. The van der Waals surface area contributed by atoms with Crippen molar-refractivity contribution in [1.29, 1.82) is 0 Å². The van der Waals surface area contributed by atoms with E-state index in [9.17, 15) is 23.1 Å². The first-order chi connectivity index (χ1) is 9.70. The van der Waals surface area contributed by atoms with E-state index < -0.39 is 17.7 Å². The molecule has 3 nitrogen and oxygen atoms in total. The number of anilines is 1. The number of carboxylic acid groups (broad SMARTS) is 1. The molecule has 0 spiro atoms. The monoisotopic (exact) mass is 301 g/mol. The molecule has 0 radical (unpaired) electrons. The second-order valence-electron chi connectivity index (χ2n) is 5.81. The predicted molar refractivity (Wildman–Crippen MR) is 73.6 cm³/mol. The summed E-state index contributed by atoms with van der Waals surface area (Å²) < 4.78 is 38.2. The van der Waals surface area contributed by atoms with Gasteiger partial charge in [0, 0.05) is 12.6 Å². The molecular formula is C15H18F3NO2. The molecule has 116 valence electrons. The maximum absolute atomic E-state index is 12.7. The smallest absolute Gasteiger partial charge is 0.416 e. The van der Waals surface area contributed by atoms with Crippen molar-refractivity contribution >= 4 is 11.7 Å². The van der Waals surface area contributed by atoms with Crippen molar-refractivity contribution in [2.45, 2.75) is 38.9 Å². The van der Waals surface area contributed by atoms with Gasteiger partial charge in [-0.3, -0.25) is 0 Å². The molecule has 0 atom stereocenters. The third kappa shape index (κ3) is 3.68. The molecule has 1 aromatic rings. The van der Waals surface area contributed by atoms with Gasteiger partial charge in [-0.1, -0.05) is 13.8 Å². The summed E-state index contributed by atoms with van der Waals surface area (Å²) in [6.07, 6.45) is -2.63. The van der Waals surface area contributed by atoms with Crippen molar-refractivity contribution in [3.63, 3.8) is 0 Å². The van der Waals surface area contributed by atoms with Crippen LogP contribution in [0.4, 0.5) is 18.9 Å². The Bertz CT molecular complexity index is 536. The van der Waals surface area contributed by atoms with Crippen LogP contribution in [-0.2, 0) is 6.18 Å². The van der Waals surface area contributed by atoms with Crippen LogP contribution in [-0.4, -0.2) is 23.7 Å². The standard InChI is InChI=1S/C15H18F3NO2/c1-9(2)8-19(11-4-5-11)13-6-3-10(15(16,17)18)7-12(13)14(20)21/h3,6-7,9,11H,4-5,8H2,1-2H3,(H,20,21). The number of carbonyl (C=O) groups is 1. The summed E-state index contributed by atoms with van der Waals surface area (Å²) in [6, 6.07) is 3.21. The van der Waals surface area contributed by atoms with Gasteiger partial charge in [-0.05, 0) is 37.0 Å². The number of halogens is 3. The fourth-order valence-electron chi connectivity index (χ4n) is 2.36. The van der Waals surface area contributed by atoms with Crippen LogP contribution in [0.5, 0.6) is 0 Å². The average molecular weight is 301 g/mol. The number of carboxylic acids is 1. The molecule has 1 fully saturated rings. The van der Waals surface area contributed by atoms with Crippen LogP contribution in [0.3, 0.4) is 0 Å². The molecule has 1 aliphatic rings. The SMILES string of the molecule is CC(C)CN(c1ccc(C(F)(F)F)cc1C(=O)O)C1CC1. The first-order valence-electron chi connectivity index (χ1n) is 6.91. The van der Waals surface area contributed by atoms with Gasteiger partial charge in [-0.2, -0.15) is 13.2 Å². The molecule has 2 rings (SSSR count). The average Bonchev–Trinajstić information content (AvgIpc) is 3.18. The summed E-state index contributed by atoms with van der Waals surface area (Å²) in [6.45, 7) is 4.64. The second-order valence-corrected chi connectivity index (χ2v) is 5.81. The predicted octanol–water partition coefficient (Wildman–Crippen LogP) is 4.03. The largest absolute Gasteiger partial charge is 0.478 e. The van der Waals surface area contributed by atoms with Crippen molar-refractivity contribution in [3.05, 3.63) is 29.3 Å². The maximum Gasteiger partial charge on any atom is 0.416 e. The Morgan fingerprint density at radius 2 is 2.00 bits per heavy atom. The maximum atomic E-state index is 12.7. The number of benzene rings is 1. The normalized spacial score (nSPS) is 15.3. The number of hydrogen-bond donors (Lipinski definition) is 1. The highest BCUT2D eigenvalue weighted by molar-refractivity contribution is 5.95. The van der Waals surface area contributed by atoms with E-state index in [0.29, 0.717) is 18.2 Å². The highest BCUT2D eigenvalue weighted by atomic mass is 19.4. The van der Waals surface area contributed by atoms with Gasteiger partial charge in [0.05, 0.1) is 16.8 Å². The number of rotatable bonds is 5. The van der Waals surface area contributed by atoms with Gasteiger partial charge < -0.3 is 10.0 Å². The Hall–Kier alpha value is -1.72. The molecule has 6 heteroatoms. The molecule has 0 unspecified atom stereocenters. The lowest BCUT2D eigenvalue weighted by molar-refractivity contribution is -0.137. The zero-order valence-corrected chi connectivity index (χ0v) is 11.9. The summed E-state index contributed by atoms with van der Waals surface area (Å²) >= 11 is 0. The highest BCUT2D eigenvalue weighted by Crippen LogP contribution is 2.37. The van der Waals surface area contributed by atoms with E-state index in [1.54, 1.807) is 0 Å². The minimum atomic E-state index is -4.54. The quantitative estimate of drug-likeness (QED) is 0.892. The molecule has 1 aliphatic carbocycles. The van der Waals surface area contributed by atoms with Crippen LogP contribution in [0.2, 0.25) is 0 Å². The van der Waals surface area contributed by atoms with Crippen LogP contribution in [0.1, 0.15) is 42.6 Å². The van der Waals surface area contributed by atoms with Gasteiger partial charge in [0.2, 0.25) is 0 Å². The summed E-state index contributed by atoms with van der Waals surface area (Å²) in [5.74, 6) is -1.03. The lowest BCUT2D eigenvalue weighted by atomic mass is 10.1. The minimum Gasteiger partial charge on any atom is -0.478 e. The van der Waals surface area contributed by atoms with E-state index in [-0.39, 0.29) is 11.6 Å². The van der Waals surface area contributed by atoms with Crippen LogP contribution in [0, 0.1) is 5.92 Å². The van der Waals surface area contributed by atoms with Gasteiger partial charge >= 0.3 is 12.1 Å². The van der Waals surface area contributed by atoms with E-state index in [0.717, 1.165) is 25.0 Å². The third-order valence-electron chi connectivity index (χ3n) is 3.41. The first kappa shape index (κ1) is 15.7. The number of alkyl halides is 3. The van der Waals surface area contributed by atoms with Crippen LogP contribution < -0.4 is 4.90 Å². The Morgan fingerprint density at radius 1 is 1.38 bits per heavy atom. The van der Waals surface area contributed by atoms with Gasteiger partial charge in [-0.25, -0.2) is 4.79 Å². The van der Waals surface area contributed by atoms with E-state index in [4.69, 9.17) is 0 Å². The fourth-order valence-corrected chi connectivity index (χ4v) is 2.36. The fraction of sp³-hybridized carbons (Fsp3) is 0.533. The molecule has 21 heavy (non-hydrogen) atoms. The lowest BCUT2D eigenvalue weighted by Crippen LogP contribution is -2.31. The van der Waals surface area contributed by atoms with Gasteiger partial charge in [-0.15, -0.1) is 0 Å². The molecule has 1 N–H and O–H groups in total. The topological polar surface area (TPSA) is 40.5 Å². The highest BCUT2D eigenvalue weighted by Gasteiger charge is 2.35. The van der Waals surface area contributed by atoms with Gasteiger partial charge in [0.15, 0.2) is 0 Å². The zero-order valence-electron chi connectivity index (χ0n) is 11.9. The Kier molecular flexibility index (Phi) is 4.16. The Morgan fingerprint density at radius 3 is 2.43 bits per heavy atom. The third-order valence-corrected chi connectivity index (χ3v) is 3.41. The van der Waals surface area contributed by atoms with Crippen molar-refractivity contribution in [3.8, 4) is 0 Å². The summed E-state index contributed by atoms with van der Waals surface area (Å²) in [5.41, 5.74) is -0.826. The van der Waals surface area contributed by atoms with Crippen LogP contribution in [0.15, 0.2) is 18.2 Å². The van der Waals surface area contributed by atoms with E-state index in [2.05, 4.69) is 0 Å². The molecule has 0 heterocycles. The minimum absolute atomic E-state index is 0.238. The van der Waals surface area contributed by atoms with Crippen molar-refractivity contribution < 1.29 is 23.1 Å². The van der Waals surface area contributed by atoms with E-state index in [1.165, 1.54) is 6.07 Å². The van der Waals surface area contributed by atoms with Crippen LogP contribution in [0.25, 0.3) is 0 Å². The van der Waals surface area contributed by atoms with Crippen LogP contribution >= 0.6 is 0 Å². The molecule has 0 aromatic heterocycles. The molecule has 1 saturated carbocycles. The molecular weight excluding hydrogens is 283 g/mol. The van der Waals surface area contributed by atoms with Crippen molar-refractivity contribution in [1.82, 2.24) is 0 Å². The molecule has 0 amide bonds. The number of hydrogen-bond acceptors (Lipinski definition) is 2. The Balaban J connectivity index is 2.44. The molecule has 0 bridgehead atoms. The molecule has 1 aromatic carbocycles. The number of nitrogens with zero attached hydrogens (tertiary/aromatic N) is 1. The van der Waals surface area contributed by atoms with Crippen molar-refractivity contribution in [2.24, 2.45) is 5.92 Å². The van der Waals surface area contributed by atoms with Gasteiger partial charge in [0.25, 0.3) is 0 Å². The number of aromatic carboxylic acids is 1.